The number of hydrogen-bond donors (Lipinski definition) is 2. The van der Waals surface area contributed by atoms with E-state index in [0.717, 1.165) is 25.8 Å². The van der Waals surface area contributed by atoms with Crippen LogP contribution in [-0.2, 0) is 14.3 Å². The highest BCUT2D eigenvalue weighted by Crippen LogP contribution is 2.20. The van der Waals surface area contributed by atoms with Crippen LogP contribution in [-0.4, -0.2) is 37.6 Å². The molecule has 19 heavy (non-hydrogen) atoms. The minimum Gasteiger partial charge on any atom is -0.469 e. The normalized spacial score (nSPS) is 23.2. The van der Waals surface area contributed by atoms with Crippen LogP contribution in [0.4, 0.5) is 0 Å². The van der Waals surface area contributed by atoms with Gasteiger partial charge in [-0.05, 0) is 46.6 Å². The van der Waals surface area contributed by atoms with Gasteiger partial charge in [-0.1, -0.05) is 0 Å². The Labute approximate surface area is 121 Å². The van der Waals surface area contributed by atoms with Gasteiger partial charge in [0.2, 0.25) is 5.91 Å². The van der Waals surface area contributed by atoms with E-state index < -0.39 is 11.0 Å². The molecule has 6 heteroatoms. The highest BCUT2D eigenvalue weighted by molar-refractivity contribution is 5.86. The first kappa shape index (κ1) is 18.2. The summed E-state index contributed by atoms with van der Waals surface area (Å²) < 4.78 is 4.71. The summed E-state index contributed by atoms with van der Waals surface area (Å²) in [5.74, 6) is -0.358. The third-order valence-corrected chi connectivity index (χ3v) is 3.55. The Bertz CT molecular complexity index is 326. The summed E-state index contributed by atoms with van der Waals surface area (Å²) in [6.07, 6.45) is 2.99. The van der Waals surface area contributed by atoms with Crippen LogP contribution in [0.1, 0.15) is 40.0 Å². The van der Waals surface area contributed by atoms with Crippen molar-refractivity contribution in [1.29, 1.82) is 0 Å². The maximum atomic E-state index is 12.2. The van der Waals surface area contributed by atoms with E-state index >= 15 is 0 Å². The van der Waals surface area contributed by atoms with Crippen LogP contribution in [0.3, 0.4) is 0 Å². The van der Waals surface area contributed by atoms with Crippen LogP contribution in [0.15, 0.2) is 0 Å². The maximum Gasteiger partial charge on any atom is 0.313 e. The Kier molecular flexibility index (Phi) is 6.80. The van der Waals surface area contributed by atoms with Crippen LogP contribution in [0.2, 0.25) is 0 Å². The molecule has 1 unspecified atom stereocenters. The van der Waals surface area contributed by atoms with Gasteiger partial charge in [0, 0.05) is 6.54 Å². The lowest BCUT2D eigenvalue weighted by atomic mass is 9.88. The molecule has 0 aliphatic carbocycles. The van der Waals surface area contributed by atoms with Crippen LogP contribution < -0.4 is 10.6 Å². The predicted octanol–water partition coefficient (Wildman–Crippen LogP) is 1.26. The number of carbonyl (C=O) groups excluding carboxylic acids is 2. The fourth-order valence-corrected chi connectivity index (χ4v) is 2.09. The average molecular weight is 293 g/mol. The Morgan fingerprint density at radius 1 is 1.37 bits per heavy atom. The van der Waals surface area contributed by atoms with E-state index in [4.69, 9.17) is 4.74 Å². The number of esters is 1. The molecule has 0 aromatic carbocycles. The van der Waals surface area contributed by atoms with Gasteiger partial charge in [0.15, 0.2) is 0 Å². The van der Waals surface area contributed by atoms with Gasteiger partial charge in [0.1, 0.15) is 0 Å². The molecule has 1 atom stereocenters. The molecule has 0 bridgehead atoms. The molecule has 1 fully saturated rings. The summed E-state index contributed by atoms with van der Waals surface area (Å²) in [7, 11) is 1.36. The molecular formula is C13H25ClN2O3. The summed E-state index contributed by atoms with van der Waals surface area (Å²) in [4.78, 5) is 23.7. The number of nitrogens with one attached hydrogen (secondary N) is 2. The summed E-state index contributed by atoms with van der Waals surface area (Å²) in [5, 5.41) is 6.09. The minimum absolute atomic E-state index is 0. The van der Waals surface area contributed by atoms with E-state index in [9.17, 15) is 9.59 Å². The van der Waals surface area contributed by atoms with E-state index in [1.165, 1.54) is 7.11 Å². The van der Waals surface area contributed by atoms with Gasteiger partial charge in [-0.2, -0.15) is 0 Å². The average Bonchev–Trinajstić information content (AvgIpc) is 2.35. The minimum atomic E-state index is -0.699. The van der Waals surface area contributed by atoms with Crippen molar-refractivity contribution < 1.29 is 14.3 Å². The lowest BCUT2D eigenvalue weighted by Gasteiger charge is -2.34. The second-order valence-corrected chi connectivity index (χ2v) is 5.77. The molecule has 0 radical (unpaired) electrons. The number of piperidine rings is 1. The number of halogens is 1. The molecule has 1 heterocycles. The predicted molar refractivity (Wildman–Crippen MR) is 76.3 cm³/mol. The van der Waals surface area contributed by atoms with Crippen molar-refractivity contribution in [3.8, 4) is 0 Å². The van der Waals surface area contributed by atoms with Gasteiger partial charge >= 0.3 is 5.97 Å². The number of carbonyl (C=O) groups is 2. The Morgan fingerprint density at radius 3 is 2.47 bits per heavy atom. The Hall–Kier alpha value is -0.810. The summed E-state index contributed by atoms with van der Waals surface area (Å²) >= 11 is 0. The SMILES string of the molecule is COC(=O)C(C)(C)CNC(=O)C1(C)CCCCN1.Cl. The van der Waals surface area contributed by atoms with E-state index in [2.05, 4.69) is 10.6 Å². The van der Waals surface area contributed by atoms with E-state index in [1.807, 2.05) is 6.92 Å². The third-order valence-electron chi connectivity index (χ3n) is 3.55. The lowest BCUT2D eigenvalue weighted by molar-refractivity contribution is -0.150. The number of ether oxygens (including phenoxy) is 1. The zero-order valence-corrected chi connectivity index (χ0v) is 13.0. The summed E-state index contributed by atoms with van der Waals surface area (Å²) in [5.41, 5.74) is -1.21. The van der Waals surface area contributed by atoms with Crippen LogP contribution in [0.5, 0.6) is 0 Å². The Morgan fingerprint density at radius 2 is 2.00 bits per heavy atom. The van der Waals surface area contributed by atoms with Crippen molar-refractivity contribution >= 4 is 24.3 Å². The molecule has 2 N–H and O–H groups in total. The largest absolute Gasteiger partial charge is 0.469 e. The van der Waals surface area contributed by atoms with Crippen molar-refractivity contribution in [2.24, 2.45) is 5.41 Å². The number of methoxy groups -OCH3 is 1. The molecular weight excluding hydrogens is 268 g/mol. The van der Waals surface area contributed by atoms with Gasteiger partial charge in [-0.25, -0.2) is 0 Å². The number of amides is 1. The second kappa shape index (κ2) is 7.10. The van der Waals surface area contributed by atoms with Gasteiger partial charge in [-0.3, -0.25) is 9.59 Å². The van der Waals surface area contributed by atoms with Gasteiger partial charge in [0.25, 0.3) is 0 Å². The third kappa shape index (κ3) is 4.66. The topological polar surface area (TPSA) is 67.4 Å². The van der Waals surface area contributed by atoms with Gasteiger partial charge in [-0.15, -0.1) is 12.4 Å². The van der Waals surface area contributed by atoms with E-state index in [-0.39, 0.29) is 30.8 Å². The summed E-state index contributed by atoms with van der Waals surface area (Å²) in [6, 6.07) is 0. The van der Waals surface area contributed by atoms with Gasteiger partial charge in [0.05, 0.1) is 18.1 Å². The van der Waals surface area contributed by atoms with Crippen LogP contribution >= 0.6 is 12.4 Å². The zero-order chi connectivity index (χ0) is 13.8. The highest BCUT2D eigenvalue weighted by Gasteiger charge is 2.36. The summed E-state index contributed by atoms with van der Waals surface area (Å²) in [6.45, 7) is 6.58. The zero-order valence-electron chi connectivity index (χ0n) is 12.2. The highest BCUT2D eigenvalue weighted by atomic mass is 35.5. The first-order valence-corrected chi connectivity index (χ1v) is 6.43. The molecule has 5 nitrogen and oxygen atoms in total. The molecule has 112 valence electrons. The van der Waals surface area contributed by atoms with E-state index in [0.29, 0.717) is 0 Å². The van der Waals surface area contributed by atoms with E-state index in [1.54, 1.807) is 13.8 Å². The fraction of sp³-hybridized carbons (Fsp3) is 0.846. The smallest absolute Gasteiger partial charge is 0.313 e. The van der Waals surface area contributed by atoms with Crippen LogP contribution in [0.25, 0.3) is 0 Å². The number of rotatable bonds is 4. The van der Waals surface area contributed by atoms with Crippen molar-refractivity contribution in [2.45, 2.75) is 45.6 Å². The van der Waals surface area contributed by atoms with Gasteiger partial charge < -0.3 is 15.4 Å². The Balaban J connectivity index is 0.00000324. The fourth-order valence-electron chi connectivity index (χ4n) is 2.09. The first-order chi connectivity index (χ1) is 8.32. The molecule has 1 aliphatic heterocycles. The van der Waals surface area contributed by atoms with Crippen molar-refractivity contribution in [3.63, 3.8) is 0 Å². The van der Waals surface area contributed by atoms with Crippen LogP contribution in [0, 0.1) is 5.41 Å². The lowest BCUT2D eigenvalue weighted by Crippen LogP contribution is -2.58. The number of hydrogen-bond acceptors (Lipinski definition) is 4. The molecule has 0 spiro atoms. The quantitative estimate of drug-likeness (QED) is 0.766. The standard InChI is InChI=1S/C13H24N2O3.ClH/c1-12(2,11(17)18-4)9-14-10(16)13(3)7-5-6-8-15-13;/h15H,5-9H2,1-4H3,(H,14,16);1H. The maximum absolute atomic E-state index is 12.2. The monoisotopic (exact) mass is 292 g/mol. The molecule has 1 saturated heterocycles. The van der Waals surface area contributed by atoms with Crippen molar-refractivity contribution in [3.05, 3.63) is 0 Å². The molecule has 0 aromatic rings. The van der Waals surface area contributed by atoms with Crippen molar-refractivity contribution in [2.75, 3.05) is 20.2 Å². The molecule has 1 aliphatic rings. The first-order valence-electron chi connectivity index (χ1n) is 6.43. The molecule has 0 aromatic heterocycles. The second-order valence-electron chi connectivity index (χ2n) is 5.77. The molecule has 1 rings (SSSR count). The molecule has 1 amide bonds. The van der Waals surface area contributed by atoms with Crippen molar-refractivity contribution in [1.82, 2.24) is 10.6 Å². The molecule has 0 saturated carbocycles.